The molecule has 0 N–H and O–H groups in total. The number of hydrogen-bond donors (Lipinski definition) is 0. The van der Waals surface area contributed by atoms with E-state index in [0.717, 1.165) is 30.3 Å². The summed E-state index contributed by atoms with van der Waals surface area (Å²) in [6, 6.07) is 4.57. The van der Waals surface area contributed by atoms with Crippen molar-refractivity contribution in [1.29, 1.82) is 0 Å². The lowest BCUT2D eigenvalue weighted by Gasteiger charge is -2.14. The first-order valence-corrected chi connectivity index (χ1v) is 11.2. The van der Waals surface area contributed by atoms with Gasteiger partial charge in [-0.05, 0) is 24.3 Å². The maximum atomic E-state index is 13.5. The largest absolute Gasteiger partial charge is 0.456 e. The molecule has 0 amide bonds. The van der Waals surface area contributed by atoms with Crippen LogP contribution in [0.15, 0.2) is 35.2 Å². The Hall–Kier alpha value is -1.53. The molecule has 13 heteroatoms. The fourth-order valence-electron chi connectivity index (χ4n) is 2.01. The van der Waals surface area contributed by atoms with Crippen LogP contribution in [0.1, 0.15) is 5.56 Å². The van der Waals surface area contributed by atoms with Gasteiger partial charge in [-0.3, -0.25) is 4.18 Å². The van der Waals surface area contributed by atoms with Gasteiger partial charge in [0, 0.05) is 11.6 Å². The number of benzene rings is 2. The van der Waals surface area contributed by atoms with Gasteiger partial charge in [-0.25, -0.2) is 12.8 Å². The molecule has 2 aromatic carbocycles. The lowest BCUT2D eigenvalue weighted by atomic mass is 10.2. The zero-order valence-corrected chi connectivity index (χ0v) is 17.0. The van der Waals surface area contributed by atoms with Crippen molar-refractivity contribution in [3.05, 3.63) is 51.8 Å². The average molecular weight is 479 g/mol. The van der Waals surface area contributed by atoms with Crippen molar-refractivity contribution >= 4 is 43.2 Å². The van der Waals surface area contributed by atoms with Crippen molar-refractivity contribution in [3.8, 4) is 11.5 Å². The summed E-state index contributed by atoms with van der Waals surface area (Å²) in [4.78, 5) is -0.845. The van der Waals surface area contributed by atoms with E-state index in [2.05, 4.69) is 4.18 Å². The topological polar surface area (TPSA) is 86.7 Å². The molecule has 0 atom stereocenters. The van der Waals surface area contributed by atoms with E-state index in [1.54, 1.807) is 0 Å². The number of halogens is 5. The molecule has 2 aromatic rings. The third kappa shape index (κ3) is 5.51. The predicted octanol–water partition coefficient (Wildman–Crippen LogP) is 4.40. The minimum atomic E-state index is -5.06. The van der Waals surface area contributed by atoms with Gasteiger partial charge >= 0.3 is 5.76 Å². The molecule has 0 fully saturated rings. The van der Waals surface area contributed by atoms with Gasteiger partial charge in [0.05, 0.1) is 22.8 Å². The Balaban J connectivity index is 2.51. The van der Waals surface area contributed by atoms with Gasteiger partial charge in [0.15, 0.2) is 0 Å². The molecule has 0 radical (unpaired) electrons. The Labute approximate surface area is 168 Å². The molecule has 0 aliphatic carbocycles. The second kappa shape index (κ2) is 8.46. The second-order valence-corrected chi connectivity index (χ2v) is 9.66. The SMILES string of the molecule is CS(=O)(=O)OCc1cc(Oc2cc(F)cc(Cl)c2Cl)ccc1S(=O)(=O)C(F)F. The Kier molecular flexibility index (Phi) is 6.87. The smallest absolute Gasteiger partial charge is 0.341 e. The Morgan fingerprint density at radius 1 is 1.07 bits per heavy atom. The van der Waals surface area contributed by atoms with Crippen LogP contribution in [0, 0.1) is 5.82 Å². The molecule has 0 aliphatic heterocycles. The van der Waals surface area contributed by atoms with E-state index in [-0.39, 0.29) is 21.5 Å². The standard InChI is InChI=1S/C15H11Cl2F3O6S2/c1-27(21,22)25-7-8-4-10(2-3-13(8)28(23,24)15(19)20)26-12-6-9(18)5-11(16)14(12)17/h2-6,15H,7H2,1H3. The normalized spacial score (nSPS) is 12.4. The van der Waals surface area contributed by atoms with E-state index in [1.807, 2.05) is 0 Å². The quantitative estimate of drug-likeness (QED) is 0.433. The summed E-state index contributed by atoms with van der Waals surface area (Å²) < 4.78 is 95.0. The number of ether oxygens (including phenoxy) is 1. The highest BCUT2D eigenvalue weighted by molar-refractivity contribution is 7.91. The van der Waals surface area contributed by atoms with Gasteiger partial charge in [0.1, 0.15) is 22.3 Å². The first kappa shape index (κ1) is 22.8. The number of rotatable bonds is 7. The monoisotopic (exact) mass is 478 g/mol. The molecule has 0 bridgehead atoms. The lowest BCUT2D eigenvalue weighted by Crippen LogP contribution is -2.15. The zero-order valence-electron chi connectivity index (χ0n) is 13.8. The Morgan fingerprint density at radius 3 is 2.29 bits per heavy atom. The van der Waals surface area contributed by atoms with Crippen molar-refractivity contribution in [2.75, 3.05) is 6.26 Å². The fraction of sp³-hybridized carbons (Fsp3) is 0.200. The molecular weight excluding hydrogens is 468 g/mol. The molecule has 0 unspecified atom stereocenters. The summed E-state index contributed by atoms with van der Waals surface area (Å²) in [6.07, 6.45) is 0.698. The van der Waals surface area contributed by atoms with Crippen LogP contribution in [0.25, 0.3) is 0 Å². The predicted molar refractivity (Wildman–Crippen MR) is 95.8 cm³/mol. The number of hydrogen-bond acceptors (Lipinski definition) is 6. The maximum Gasteiger partial charge on any atom is 0.341 e. The Bertz CT molecular complexity index is 1100. The summed E-state index contributed by atoms with van der Waals surface area (Å²) in [5, 5.41) is -0.310. The minimum Gasteiger partial charge on any atom is -0.456 e. The average Bonchev–Trinajstić information content (AvgIpc) is 2.56. The molecule has 28 heavy (non-hydrogen) atoms. The van der Waals surface area contributed by atoms with Crippen LogP contribution in [-0.4, -0.2) is 28.8 Å². The summed E-state index contributed by atoms with van der Waals surface area (Å²) in [5.41, 5.74) is -0.415. The third-order valence-corrected chi connectivity index (χ3v) is 6.00. The van der Waals surface area contributed by atoms with Gasteiger partial charge in [0.25, 0.3) is 10.1 Å². The Morgan fingerprint density at radius 2 is 1.71 bits per heavy atom. The number of alkyl halides is 2. The van der Waals surface area contributed by atoms with Gasteiger partial charge in [-0.1, -0.05) is 23.2 Å². The summed E-state index contributed by atoms with van der Waals surface area (Å²) in [5.74, 6) is -4.90. The van der Waals surface area contributed by atoms with Crippen LogP contribution in [-0.2, 0) is 30.7 Å². The second-order valence-electron chi connectivity index (χ2n) is 5.34. The first-order valence-electron chi connectivity index (χ1n) is 7.13. The van der Waals surface area contributed by atoms with Gasteiger partial charge in [-0.2, -0.15) is 17.2 Å². The molecule has 2 rings (SSSR count). The van der Waals surface area contributed by atoms with Crippen molar-refractivity contribution in [1.82, 2.24) is 0 Å². The van der Waals surface area contributed by atoms with E-state index in [4.69, 9.17) is 27.9 Å². The molecule has 154 valence electrons. The van der Waals surface area contributed by atoms with Crippen LogP contribution in [0.5, 0.6) is 11.5 Å². The maximum absolute atomic E-state index is 13.5. The molecule has 6 nitrogen and oxygen atoms in total. The molecule has 0 aromatic heterocycles. The van der Waals surface area contributed by atoms with E-state index < -0.39 is 48.6 Å². The highest BCUT2D eigenvalue weighted by Gasteiger charge is 2.30. The van der Waals surface area contributed by atoms with Crippen LogP contribution in [0.3, 0.4) is 0 Å². The van der Waals surface area contributed by atoms with E-state index in [9.17, 15) is 30.0 Å². The molecule has 0 saturated heterocycles. The van der Waals surface area contributed by atoms with Gasteiger partial charge < -0.3 is 4.74 Å². The van der Waals surface area contributed by atoms with Crippen LogP contribution >= 0.6 is 23.2 Å². The van der Waals surface area contributed by atoms with Crippen molar-refractivity contribution in [2.24, 2.45) is 0 Å². The van der Waals surface area contributed by atoms with Crippen molar-refractivity contribution in [3.63, 3.8) is 0 Å². The molecule has 0 spiro atoms. The summed E-state index contributed by atoms with van der Waals surface area (Å²) >= 11 is 11.6. The minimum absolute atomic E-state index is 0.149. The number of sulfone groups is 1. The summed E-state index contributed by atoms with van der Waals surface area (Å²) in [7, 11) is -9.06. The highest BCUT2D eigenvalue weighted by atomic mass is 35.5. The third-order valence-electron chi connectivity index (χ3n) is 3.19. The lowest BCUT2D eigenvalue weighted by molar-refractivity contribution is 0.234. The zero-order chi connectivity index (χ0) is 21.3. The van der Waals surface area contributed by atoms with E-state index in [0.29, 0.717) is 6.26 Å². The highest BCUT2D eigenvalue weighted by Crippen LogP contribution is 2.37. The van der Waals surface area contributed by atoms with Gasteiger partial charge in [0.2, 0.25) is 9.84 Å². The molecule has 0 aliphatic rings. The van der Waals surface area contributed by atoms with E-state index in [1.165, 1.54) is 0 Å². The first-order chi connectivity index (χ1) is 12.8. The van der Waals surface area contributed by atoms with E-state index >= 15 is 0 Å². The van der Waals surface area contributed by atoms with Crippen LogP contribution < -0.4 is 4.74 Å². The fourth-order valence-corrected chi connectivity index (χ4v) is 3.63. The van der Waals surface area contributed by atoms with Gasteiger partial charge in [-0.15, -0.1) is 0 Å². The van der Waals surface area contributed by atoms with Crippen molar-refractivity contribution in [2.45, 2.75) is 17.3 Å². The molecular formula is C15H11Cl2F3O6S2. The molecule has 0 saturated carbocycles. The van der Waals surface area contributed by atoms with Crippen molar-refractivity contribution < 1.29 is 38.9 Å². The van der Waals surface area contributed by atoms with Crippen LogP contribution in [0.4, 0.5) is 13.2 Å². The molecule has 0 heterocycles. The summed E-state index contributed by atoms with van der Waals surface area (Å²) in [6.45, 7) is -0.852. The van der Waals surface area contributed by atoms with Crippen LogP contribution in [0.2, 0.25) is 10.0 Å².